The van der Waals surface area contributed by atoms with Crippen LogP contribution in [0.3, 0.4) is 0 Å². The second kappa shape index (κ2) is 9.63. The molecule has 0 N–H and O–H groups in total. The average molecular weight is 213 g/mol. The van der Waals surface area contributed by atoms with Gasteiger partial charge in [-0.25, -0.2) is 0 Å². The zero-order valence-corrected chi connectivity index (χ0v) is 9.20. The van der Waals surface area contributed by atoms with E-state index in [1.807, 2.05) is 0 Å². The first-order valence-corrected chi connectivity index (χ1v) is 5.65. The third-order valence-electron chi connectivity index (χ3n) is 1.86. The maximum absolute atomic E-state index is 5.62. The molecule has 1 nitrogen and oxygen atoms in total. The molecule has 0 aromatic rings. The molecule has 3 heteroatoms. The summed E-state index contributed by atoms with van der Waals surface area (Å²) in [4.78, 5) is 0. The fraction of sp³-hybridized carbons (Fsp3) is 1.00. The molecule has 0 aliphatic heterocycles. The standard InChI is InChI=1S/C9H18Cl2O/c1-2-3-4-5-9(6-7-10)12-8-11/h9H,2-8H2,1H3. The fourth-order valence-corrected chi connectivity index (χ4v) is 1.57. The fourth-order valence-electron chi connectivity index (χ4n) is 1.14. The van der Waals surface area contributed by atoms with E-state index in [0.29, 0.717) is 5.88 Å². The molecule has 0 aromatic heterocycles. The van der Waals surface area contributed by atoms with Crippen molar-refractivity contribution >= 4 is 23.2 Å². The van der Waals surface area contributed by atoms with Gasteiger partial charge in [-0.05, 0) is 12.8 Å². The van der Waals surface area contributed by atoms with E-state index in [0.717, 1.165) is 12.8 Å². The lowest BCUT2D eigenvalue weighted by Gasteiger charge is -2.14. The molecule has 0 amide bonds. The van der Waals surface area contributed by atoms with Gasteiger partial charge in [-0.15, -0.1) is 11.6 Å². The number of halogens is 2. The Balaban J connectivity index is 3.34. The summed E-state index contributed by atoms with van der Waals surface area (Å²) in [6, 6.07) is 0.285. The van der Waals surface area contributed by atoms with Crippen molar-refractivity contribution in [1.29, 1.82) is 0 Å². The van der Waals surface area contributed by atoms with Gasteiger partial charge >= 0.3 is 0 Å². The van der Waals surface area contributed by atoms with Crippen molar-refractivity contribution < 1.29 is 4.74 Å². The van der Waals surface area contributed by atoms with Crippen LogP contribution in [0.5, 0.6) is 0 Å². The molecular weight excluding hydrogens is 195 g/mol. The third-order valence-corrected chi connectivity index (χ3v) is 2.20. The summed E-state index contributed by atoms with van der Waals surface area (Å²) in [5, 5.41) is 0. The minimum atomic E-state index is 0.270. The number of unbranched alkanes of at least 4 members (excludes halogenated alkanes) is 2. The van der Waals surface area contributed by atoms with Gasteiger partial charge in [0.2, 0.25) is 0 Å². The van der Waals surface area contributed by atoms with Crippen LogP contribution < -0.4 is 0 Å². The van der Waals surface area contributed by atoms with Crippen molar-refractivity contribution in [2.75, 3.05) is 11.9 Å². The van der Waals surface area contributed by atoms with E-state index in [1.165, 1.54) is 19.3 Å². The van der Waals surface area contributed by atoms with Gasteiger partial charge in [-0.3, -0.25) is 0 Å². The van der Waals surface area contributed by atoms with Gasteiger partial charge in [0, 0.05) is 5.88 Å². The molecule has 1 atom stereocenters. The van der Waals surface area contributed by atoms with Crippen molar-refractivity contribution in [3.05, 3.63) is 0 Å². The minimum absolute atomic E-state index is 0.270. The van der Waals surface area contributed by atoms with Crippen molar-refractivity contribution in [1.82, 2.24) is 0 Å². The summed E-state index contributed by atoms with van der Waals surface area (Å²) in [6.07, 6.45) is 6.01. The Kier molecular flexibility index (Phi) is 10.1. The average Bonchev–Trinajstić information content (AvgIpc) is 2.06. The molecule has 0 fully saturated rings. The maximum atomic E-state index is 5.62. The number of rotatable bonds is 8. The van der Waals surface area contributed by atoms with Crippen LogP contribution in [0.15, 0.2) is 0 Å². The quantitative estimate of drug-likeness (QED) is 0.440. The van der Waals surface area contributed by atoms with E-state index < -0.39 is 0 Å². The van der Waals surface area contributed by atoms with E-state index >= 15 is 0 Å². The Labute approximate surface area is 85.4 Å². The maximum Gasteiger partial charge on any atom is 0.121 e. The predicted octanol–water partition coefficient (Wildman–Crippen LogP) is 3.78. The summed E-state index contributed by atoms with van der Waals surface area (Å²) in [5.74, 6) is 0.660. The first kappa shape index (κ1) is 12.5. The predicted molar refractivity (Wildman–Crippen MR) is 55.1 cm³/mol. The van der Waals surface area contributed by atoms with Crippen molar-refractivity contribution in [2.24, 2.45) is 0 Å². The summed E-state index contributed by atoms with van der Waals surface area (Å²) in [7, 11) is 0. The lowest BCUT2D eigenvalue weighted by Crippen LogP contribution is -2.12. The molecule has 12 heavy (non-hydrogen) atoms. The molecule has 0 bridgehead atoms. The van der Waals surface area contributed by atoms with Gasteiger partial charge in [0.25, 0.3) is 0 Å². The Morgan fingerprint density at radius 2 is 1.92 bits per heavy atom. The smallest absolute Gasteiger partial charge is 0.121 e. The van der Waals surface area contributed by atoms with Crippen molar-refractivity contribution in [2.45, 2.75) is 45.1 Å². The van der Waals surface area contributed by atoms with Crippen molar-refractivity contribution in [3.8, 4) is 0 Å². The SMILES string of the molecule is CCCCCC(CCCl)OCCl. The van der Waals surface area contributed by atoms with E-state index in [1.54, 1.807) is 0 Å². The van der Waals surface area contributed by atoms with Crippen molar-refractivity contribution in [3.63, 3.8) is 0 Å². The summed E-state index contributed by atoms with van der Waals surface area (Å²) >= 11 is 11.1. The van der Waals surface area contributed by atoms with Crippen LogP contribution in [0.1, 0.15) is 39.0 Å². The van der Waals surface area contributed by atoms with E-state index in [-0.39, 0.29) is 12.2 Å². The summed E-state index contributed by atoms with van der Waals surface area (Å²) in [6.45, 7) is 2.19. The monoisotopic (exact) mass is 212 g/mol. The van der Waals surface area contributed by atoms with E-state index in [2.05, 4.69) is 6.92 Å². The van der Waals surface area contributed by atoms with Crippen LogP contribution in [0.2, 0.25) is 0 Å². The largest absolute Gasteiger partial charge is 0.362 e. The number of alkyl halides is 2. The second-order valence-electron chi connectivity index (χ2n) is 2.87. The first-order valence-electron chi connectivity index (χ1n) is 4.58. The Bertz CT molecular complexity index is 82.6. The molecule has 0 spiro atoms. The molecular formula is C9H18Cl2O. The van der Waals surface area contributed by atoms with Crippen LogP contribution in [-0.4, -0.2) is 18.1 Å². The molecule has 0 rings (SSSR count). The highest BCUT2D eigenvalue weighted by Gasteiger charge is 2.06. The number of hydrogen-bond donors (Lipinski definition) is 0. The molecule has 0 aliphatic rings. The van der Waals surface area contributed by atoms with Gasteiger partial charge < -0.3 is 4.74 Å². The van der Waals surface area contributed by atoms with Gasteiger partial charge in [-0.1, -0.05) is 37.8 Å². The highest BCUT2D eigenvalue weighted by molar-refractivity contribution is 6.18. The zero-order valence-electron chi connectivity index (χ0n) is 7.69. The van der Waals surface area contributed by atoms with Gasteiger partial charge in [0.1, 0.15) is 6.07 Å². The Morgan fingerprint density at radius 3 is 2.42 bits per heavy atom. The molecule has 1 unspecified atom stereocenters. The zero-order chi connectivity index (χ0) is 9.23. The van der Waals surface area contributed by atoms with E-state index in [4.69, 9.17) is 27.9 Å². The normalized spacial score (nSPS) is 13.2. The van der Waals surface area contributed by atoms with Gasteiger partial charge in [0.15, 0.2) is 0 Å². The molecule has 74 valence electrons. The van der Waals surface area contributed by atoms with E-state index in [9.17, 15) is 0 Å². The molecule has 0 aliphatic carbocycles. The van der Waals surface area contributed by atoms with Gasteiger partial charge in [0.05, 0.1) is 6.10 Å². The Morgan fingerprint density at radius 1 is 1.17 bits per heavy atom. The summed E-state index contributed by atoms with van der Waals surface area (Å²) < 4.78 is 5.31. The topological polar surface area (TPSA) is 9.23 Å². The lowest BCUT2D eigenvalue weighted by molar-refractivity contribution is 0.0760. The first-order chi connectivity index (χ1) is 5.85. The van der Waals surface area contributed by atoms with Crippen LogP contribution in [0, 0.1) is 0 Å². The van der Waals surface area contributed by atoms with Crippen LogP contribution in [0.25, 0.3) is 0 Å². The lowest BCUT2D eigenvalue weighted by atomic mass is 10.1. The van der Waals surface area contributed by atoms with Gasteiger partial charge in [-0.2, -0.15) is 0 Å². The molecule has 0 radical (unpaired) electrons. The third kappa shape index (κ3) is 7.20. The van der Waals surface area contributed by atoms with Crippen LogP contribution in [0.4, 0.5) is 0 Å². The molecule has 0 saturated heterocycles. The van der Waals surface area contributed by atoms with Crippen LogP contribution in [-0.2, 0) is 4.74 Å². The van der Waals surface area contributed by atoms with Crippen LogP contribution >= 0.6 is 23.2 Å². The highest BCUT2D eigenvalue weighted by atomic mass is 35.5. The molecule has 0 heterocycles. The molecule has 0 aromatic carbocycles. The second-order valence-corrected chi connectivity index (χ2v) is 3.47. The highest BCUT2D eigenvalue weighted by Crippen LogP contribution is 2.11. The Hall–Kier alpha value is 0.540. The molecule has 0 saturated carbocycles. The number of hydrogen-bond acceptors (Lipinski definition) is 1. The minimum Gasteiger partial charge on any atom is -0.362 e. The number of ether oxygens (including phenoxy) is 1. The summed E-state index contributed by atoms with van der Waals surface area (Å²) in [5.41, 5.74) is 0.